The number of anilines is 2. The number of hydrogen-bond donors (Lipinski definition) is 1. The predicted octanol–water partition coefficient (Wildman–Crippen LogP) is 2.57. The molecule has 7 heteroatoms. The Bertz CT molecular complexity index is 669. The van der Waals surface area contributed by atoms with Crippen LogP contribution in [0, 0.1) is 17.1 Å². The highest BCUT2D eigenvalue weighted by Gasteiger charge is 2.22. The van der Waals surface area contributed by atoms with Crippen molar-refractivity contribution in [2.75, 3.05) is 24.2 Å². The second-order valence-electron chi connectivity index (χ2n) is 4.19. The van der Waals surface area contributed by atoms with Crippen molar-refractivity contribution in [3.8, 4) is 11.8 Å². The van der Waals surface area contributed by atoms with E-state index in [2.05, 4.69) is 5.10 Å². The van der Waals surface area contributed by atoms with E-state index in [1.54, 1.807) is 11.9 Å². The topological polar surface area (TPSA) is 70.9 Å². The molecule has 0 amide bonds. The molecule has 0 saturated carbocycles. The van der Waals surface area contributed by atoms with Gasteiger partial charge in [0.05, 0.1) is 5.02 Å². The summed E-state index contributed by atoms with van der Waals surface area (Å²) in [4.78, 5) is 1.75. The molecule has 20 heavy (non-hydrogen) atoms. The molecule has 0 fully saturated rings. The molecule has 5 nitrogen and oxygen atoms in total. The van der Waals surface area contributed by atoms with Gasteiger partial charge in [-0.25, -0.2) is 9.07 Å². The Hall–Kier alpha value is -2.26. The van der Waals surface area contributed by atoms with Crippen molar-refractivity contribution in [3.05, 3.63) is 34.6 Å². The third kappa shape index (κ3) is 2.17. The Labute approximate surface area is 121 Å². The van der Waals surface area contributed by atoms with Crippen LogP contribution in [-0.4, -0.2) is 23.4 Å². The Kier molecular flexibility index (Phi) is 3.81. The lowest BCUT2D eigenvalue weighted by molar-refractivity contribution is 0.612. The SMILES string of the molecule is CCN(C)c1nn(-c2c(F)cccc2Cl)c(N)c1C#N. The van der Waals surface area contributed by atoms with Crippen LogP contribution in [-0.2, 0) is 0 Å². The number of aromatic nitrogens is 2. The Morgan fingerprint density at radius 3 is 2.80 bits per heavy atom. The van der Waals surface area contributed by atoms with Crippen molar-refractivity contribution in [1.82, 2.24) is 9.78 Å². The molecule has 0 radical (unpaired) electrons. The van der Waals surface area contributed by atoms with E-state index >= 15 is 0 Å². The molecular weight excluding hydrogens is 281 g/mol. The highest BCUT2D eigenvalue weighted by atomic mass is 35.5. The van der Waals surface area contributed by atoms with Crippen LogP contribution in [0.1, 0.15) is 12.5 Å². The van der Waals surface area contributed by atoms with Gasteiger partial charge in [0.25, 0.3) is 0 Å². The first-order chi connectivity index (χ1) is 9.51. The Balaban J connectivity index is 2.71. The predicted molar refractivity (Wildman–Crippen MR) is 76.6 cm³/mol. The third-order valence-corrected chi connectivity index (χ3v) is 3.30. The second-order valence-corrected chi connectivity index (χ2v) is 4.60. The lowest BCUT2D eigenvalue weighted by atomic mass is 10.3. The quantitative estimate of drug-likeness (QED) is 0.944. The van der Waals surface area contributed by atoms with Crippen LogP contribution in [0.4, 0.5) is 16.0 Å². The Morgan fingerprint density at radius 2 is 2.25 bits per heavy atom. The number of nitrogens with two attached hydrogens (primary N) is 1. The van der Waals surface area contributed by atoms with Crippen LogP contribution in [0.15, 0.2) is 18.2 Å². The van der Waals surface area contributed by atoms with Crippen molar-refractivity contribution in [1.29, 1.82) is 5.26 Å². The molecule has 1 aromatic carbocycles. The highest BCUT2D eigenvalue weighted by molar-refractivity contribution is 6.32. The van der Waals surface area contributed by atoms with Gasteiger partial charge in [-0.05, 0) is 19.1 Å². The number of para-hydroxylation sites is 1. The molecule has 0 saturated heterocycles. The molecule has 2 N–H and O–H groups in total. The minimum atomic E-state index is -0.554. The van der Waals surface area contributed by atoms with Crippen LogP contribution in [0.3, 0.4) is 0 Å². The summed E-state index contributed by atoms with van der Waals surface area (Å²) < 4.78 is 15.1. The zero-order valence-electron chi connectivity index (χ0n) is 11.1. The molecular formula is C13H13ClFN5. The number of nitrogen functional groups attached to an aromatic ring is 1. The van der Waals surface area contributed by atoms with Gasteiger partial charge in [0, 0.05) is 13.6 Å². The van der Waals surface area contributed by atoms with Crippen molar-refractivity contribution < 1.29 is 4.39 Å². The first-order valence-corrected chi connectivity index (χ1v) is 6.33. The van der Waals surface area contributed by atoms with E-state index in [1.165, 1.54) is 18.2 Å². The average Bonchev–Trinajstić information content (AvgIpc) is 2.75. The fourth-order valence-corrected chi connectivity index (χ4v) is 2.05. The Morgan fingerprint density at radius 1 is 1.55 bits per heavy atom. The number of halogens is 2. The van der Waals surface area contributed by atoms with Crippen molar-refractivity contribution >= 4 is 23.2 Å². The van der Waals surface area contributed by atoms with Gasteiger partial charge in [0.15, 0.2) is 5.82 Å². The first kappa shape index (κ1) is 14.2. The van der Waals surface area contributed by atoms with Gasteiger partial charge in [0.2, 0.25) is 0 Å². The molecule has 0 aliphatic rings. The van der Waals surface area contributed by atoms with E-state index in [4.69, 9.17) is 17.3 Å². The standard InChI is InChI=1S/C13H13ClFN5/c1-3-19(2)13-8(7-16)12(17)20(18-13)11-9(14)5-4-6-10(11)15/h4-6H,3,17H2,1-2H3. The fraction of sp³-hybridized carbons (Fsp3) is 0.231. The molecule has 0 unspecified atom stereocenters. The fourth-order valence-electron chi connectivity index (χ4n) is 1.81. The maximum Gasteiger partial charge on any atom is 0.171 e. The molecule has 0 aliphatic carbocycles. The third-order valence-electron chi connectivity index (χ3n) is 3.00. The van der Waals surface area contributed by atoms with E-state index in [0.29, 0.717) is 12.4 Å². The molecule has 1 heterocycles. The van der Waals surface area contributed by atoms with E-state index in [9.17, 15) is 9.65 Å². The monoisotopic (exact) mass is 293 g/mol. The summed E-state index contributed by atoms with van der Waals surface area (Å²) in [7, 11) is 1.77. The van der Waals surface area contributed by atoms with Crippen molar-refractivity contribution in [2.45, 2.75) is 6.92 Å². The molecule has 0 atom stereocenters. The highest BCUT2D eigenvalue weighted by Crippen LogP contribution is 2.30. The van der Waals surface area contributed by atoms with E-state index in [-0.39, 0.29) is 22.1 Å². The number of nitrogens with zero attached hydrogens (tertiary/aromatic N) is 4. The normalized spacial score (nSPS) is 10.3. The van der Waals surface area contributed by atoms with Gasteiger partial charge in [-0.1, -0.05) is 17.7 Å². The maximum atomic E-state index is 13.9. The number of hydrogen-bond acceptors (Lipinski definition) is 4. The van der Waals surface area contributed by atoms with Gasteiger partial charge in [-0.3, -0.25) is 0 Å². The van der Waals surface area contributed by atoms with E-state index in [0.717, 1.165) is 4.68 Å². The molecule has 2 rings (SSSR count). The molecule has 0 spiro atoms. The zero-order chi connectivity index (χ0) is 14.9. The van der Waals surface area contributed by atoms with Gasteiger partial charge < -0.3 is 10.6 Å². The van der Waals surface area contributed by atoms with Gasteiger partial charge in [-0.2, -0.15) is 5.26 Å². The number of nitriles is 1. The van der Waals surface area contributed by atoms with E-state index < -0.39 is 5.82 Å². The average molecular weight is 294 g/mol. The lowest BCUT2D eigenvalue weighted by Gasteiger charge is -2.12. The van der Waals surface area contributed by atoms with Crippen LogP contribution in [0.25, 0.3) is 5.69 Å². The van der Waals surface area contributed by atoms with Crippen LogP contribution in [0.2, 0.25) is 5.02 Å². The summed E-state index contributed by atoms with van der Waals surface area (Å²) in [6, 6.07) is 6.28. The molecule has 1 aromatic heterocycles. The summed E-state index contributed by atoms with van der Waals surface area (Å²) >= 11 is 6.00. The van der Waals surface area contributed by atoms with Crippen LogP contribution in [0.5, 0.6) is 0 Å². The largest absolute Gasteiger partial charge is 0.382 e. The molecule has 0 aliphatic heterocycles. The summed E-state index contributed by atoms with van der Waals surface area (Å²) in [5, 5.41) is 13.6. The lowest BCUT2D eigenvalue weighted by Crippen LogP contribution is -2.17. The zero-order valence-corrected chi connectivity index (χ0v) is 11.8. The molecule has 104 valence electrons. The minimum absolute atomic E-state index is 0.0407. The number of rotatable bonds is 3. The summed E-state index contributed by atoms with van der Waals surface area (Å²) in [6.07, 6.45) is 0. The van der Waals surface area contributed by atoms with Crippen molar-refractivity contribution in [2.24, 2.45) is 0 Å². The minimum Gasteiger partial charge on any atom is -0.382 e. The van der Waals surface area contributed by atoms with Crippen molar-refractivity contribution in [3.63, 3.8) is 0 Å². The van der Waals surface area contributed by atoms with Crippen LogP contribution >= 0.6 is 11.6 Å². The second kappa shape index (κ2) is 5.39. The van der Waals surface area contributed by atoms with Gasteiger partial charge in [0.1, 0.15) is 29.0 Å². The summed E-state index contributed by atoms with van der Waals surface area (Å²) in [5.41, 5.74) is 6.15. The van der Waals surface area contributed by atoms with Crippen LogP contribution < -0.4 is 10.6 Å². The molecule has 2 aromatic rings. The summed E-state index contributed by atoms with van der Waals surface area (Å²) in [5.74, 6) is -0.0940. The smallest absolute Gasteiger partial charge is 0.171 e. The van der Waals surface area contributed by atoms with Gasteiger partial charge >= 0.3 is 0 Å². The summed E-state index contributed by atoms with van der Waals surface area (Å²) in [6.45, 7) is 2.54. The number of benzene rings is 1. The van der Waals surface area contributed by atoms with E-state index in [1.807, 2.05) is 13.0 Å². The first-order valence-electron chi connectivity index (χ1n) is 5.95. The molecule has 0 bridgehead atoms. The maximum absolute atomic E-state index is 13.9. The van der Waals surface area contributed by atoms with Gasteiger partial charge in [-0.15, -0.1) is 5.10 Å².